The van der Waals surface area contributed by atoms with Crippen molar-refractivity contribution in [3.05, 3.63) is 54.1 Å². The number of hydrogen-bond donors (Lipinski definition) is 3. The highest BCUT2D eigenvalue weighted by molar-refractivity contribution is 14.0. The molecular weight excluding hydrogens is 467 g/mol. The van der Waals surface area contributed by atoms with Gasteiger partial charge in [-0.15, -0.1) is 24.0 Å². The number of rotatable bonds is 7. The molecule has 0 aliphatic carbocycles. The Morgan fingerprint density at radius 2 is 1.89 bits per heavy atom. The summed E-state index contributed by atoms with van der Waals surface area (Å²) >= 11 is 0. The molecule has 0 radical (unpaired) electrons. The molecule has 0 saturated carbocycles. The van der Waals surface area contributed by atoms with E-state index in [0.717, 1.165) is 12.4 Å². The Labute approximate surface area is 184 Å². The lowest BCUT2D eigenvalue weighted by atomic mass is 10.1. The van der Waals surface area contributed by atoms with Crippen molar-refractivity contribution in [2.24, 2.45) is 4.99 Å². The highest BCUT2D eigenvalue weighted by Gasteiger charge is 2.13. The standard InChI is InChI=1S/C20H30N6O.HI/c1-5-21-19(24-14-18(27)25-20(2,3)4)23-13-17-22-11-12-26(17)15-16-9-7-6-8-10-16;/h6-12H,5,13-15H2,1-4H3,(H,25,27)(H2,21,23,24);1H. The van der Waals surface area contributed by atoms with E-state index in [-0.39, 0.29) is 42.0 Å². The van der Waals surface area contributed by atoms with Crippen LogP contribution in [0.3, 0.4) is 0 Å². The normalized spacial score (nSPS) is 11.5. The summed E-state index contributed by atoms with van der Waals surface area (Å²) in [5.41, 5.74) is 0.959. The minimum atomic E-state index is -0.254. The Morgan fingerprint density at radius 1 is 1.18 bits per heavy atom. The first-order valence-corrected chi connectivity index (χ1v) is 9.24. The lowest BCUT2D eigenvalue weighted by molar-refractivity contribution is -0.121. The summed E-state index contributed by atoms with van der Waals surface area (Å²) in [5.74, 6) is 1.39. The molecule has 0 spiro atoms. The number of guanidine groups is 1. The van der Waals surface area contributed by atoms with Gasteiger partial charge in [0.25, 0.3) is 0 Å². The molecule has 7 nitrogen and oxygen atoms in total. The topological polar surface area (TPSA) is 83.3 Å². The second-order valence-corrected chi connectivity index (χ2v) is 7.30. The molecule has 0 aliphatic rings. The molecule has 8 heteroatoms. The lowest BCUT2D eigenvalue weighted by Crippen LogP contribution is -2.48. The number of aromatic nitrogens is 2. The molecule has 1 aromatic carbocycles. The third kappa shape index (κ3) is 8.73. The van der Waals surface area contributed by atoms with E-state index in [1.807, 2.05) is 52.1 Å². The fourth-order valence-corrected chi connectivity index (χ4v) is 2.53. The van der Waals surface area contributed by atoms with Gasteiger partial charge in [-0.3, -0.25) is 4.79 Å². The van der Waals surface area contributed by atoms with Gasteiger partial charge in [0.05, 0.1) is 6.54 Å². The first kappa shape index (κ1) is 23.9. The second-order valence-electron chi connectivity index (χ2n) is 7.30. The fraction of sp³-hybridized carbons (Fsp3) is 0.450. The smallest absolute Gasteiger partial charge is 0.239 e. The Hall–Kier alpha value is -2.10. The van der Waals surface area contributed by atoms with E-state index in [4.69, 9.17) is 0 Å². The molecule has 154 valence electrons. The lowest BCUT2D eigenvalue weighted by Gasteiger charge is -2.21. The van der Waals surface area contributed by atoms with Gasteiger partial charge in [-0.2, -0.15) is 0 Å². The van der Waals surface area contributed by atoms with Gasteiger partial charge in [0, 0.05) is 31.0 Å². The van der Waals surface area contributed by atoms with Gasteiger partial charge in [0.2, 0.25) is 5.91 Å². The predicted molar refractivity (Wildman–Crippen MR) is 124 cm³/mol. The van der Waals surface area contributed by atoms with E-state index < -0.39 is 0 Å². The van der Waals surface area contributed by atoms with Crippen LogP contribution in [0.1, 0.15) is 39.1 Å². The van der Waals surface area contributed by atoms with E-state index in [1.54, 1.807) is 6.20 Å². The Kier molecular flexibility index (Phi) is 9.98. The van der Waals surface area contributed by atoms with Crippen molar-refractivity contribution in [1.82, 2.24) is 25.5 Å². The average Bonchev–Trinajstić information content (AvgIpc) is 3.04. The molecule has 2 rings (SSSR count). The quantitative estimate of drug-likeness (QED) is 0.311. The second kappa shape index (κ2) is 11.7. The van der Waals surface area contributed by atoms with Crippen LogP contribution in [0.25, 0.3) is 0 Å². The highest BCUT2D eigenvalue weighted by atomic mass is 127. The predicted octanol–water partition coefficient (Wildman–Crippen LogP) is 2.52. The average molecular weight is 498 g/mol. The highest BCUT2D eigenvalue weighted by Crippen LogP contribution is 2.06. The van der Waals surface area contributed by atoms with E-state index >= 15 is 0 Å². The summed E-state index contributed by atoms with van der Waals surface area (Å²) in [6.07, 6.45) is 3.74. The Bertz CT molecular complexity index is 752. The van der Waals surface area contributed by atoms with Crippen molar-refractivity contribution >= 4 is 35.8 Å². The van der Waals surface area contributed by atoms with Crippen molar-refractivity contribution in [3.8, 4) is 0 Å². The van der Waals surface area contributed by atoms with Crippen LogP contribution >= 0.6 is 24.0 Å². The Morgan fingerprint density at radius 3 is 2.54 bits per heavy atom. The van der Waals surface area contributed by atoms with Crippen LogP contribution in [0, 0.1) is 0 Å². The van der Waals surface area contributed by atoms with Gasteiger partial charge in [0.1, 0.15) is 12.4 Å². The van der Waals surface area contributed by atoms with E-state index in [1.165, 1.54) is 5.56 Å². The number of benzene rings is 1. The number of carbonyl (C=O) groups excluding carboxylic acids is 1. The number of amides is 1. The first-order chi connectivity index (χ1) is 12.9. The third-order valence-corrected chi connectivity index (χ3v) is 3.65. The Balaban J connectivity index is 0.00000392. The van der Waals surface area contributed by atoms with E-state index in [9.17, 15) is 4.79 Å². The zero-order valence-electron chi connectivity index (χ0n) is 17.0. The van der Waals surface area contributed by atoms with Crippen LogP contribution < -0.4 is 16.0 Å². The molecular formula is C20H31IN6O. The van der Waals surface area contributed by atoms with Crippen molar-refractivity contribution in [2.75, 3.05) is 13.1 Å². The van der Waals surface area contributed by atoms with Gasteiger partial charge in [-0.1, -0.05) is 30.3 Å². The summed E-state index contributed by atoms with van der Waals surface area (Å²) in [7, 11) is 0. The SMILES string of the molecule is CCNC(=NCc1nccn1Cc1ccccc1)NCC(=O)NC(C)(C)C.I. The van der Waals surface area contributed by atoms with Crippen LogP contribution in [-0.4, -0.2) is 40.0 Å². The van der Waals surface area contributed by atoms with Crippen molar-refractivity contribution in [3.63, 3.8) is 0 Å². The van der Waals surface area contributed by atoms with E-state index in [0.29, 0.717) is 19.0 Å². The zero-order chi connectivity index (χ0) is 19.7. The van der Waals surface area contributed by atoms with Crippen LogP contribution in [0.15, 0.2) is 47.7 Å². The zero-order valence-corrected chi connectivity index (χ0v) is 19.4. The first-order valence-electron chi connectivity index (χ1n) is 9.24. The maximum Gasteiger partial charge on any atom is 0.239 e. The summed E-state index contributed by atoms with van der Waals surface area (Å²) in [5, 5.41) is 9.14. The van der Waals surface area contributed by atoms with Gasteiger partial charge in [0.15, 0.2) is 5.96 Å². The number of halogens is 1. The number of imidazole rings is 1. The van der Waals surface area contributed by atoms with Crippen molar-refractivity contribution in [1.29, 1.82) is 0 Å². The number of nitrogens with one attached hydrogen (secondary N) is 3. The molecule has 2 aromatic rings. The van der Waals surface area contributed by atoms with Gasteiger partial charge >= 0.3 is 0 Å². The van der Waals surface area contributed by atoms with Crippen molar-refractivity contribution in [2.45, 2.75) is 46.3 Å². The van der Waals surface area contributed by atoms with E-state index in [2.05, 4.69) is 42.6 Å². The maximum absolute atomic E-state index is 12.0. The number of carbonyl (C=O) groups is 1. The van der Waals surface area contributed by atoms with Gasteiger partial charge in [-0.25, -0.2) is 9.98 Å². The monoisotopic (exact) mass is 498 g/mol. The molecule has 3 N–H and O–H groups in total. The molecule has 0 saturated heterocycles. The minimum Gasteiger partial charge on any atom is -0.357 e. The molecule has 1 amide bonds. The number of nitrogens with zero attached hydrogens (tertiary/aromatic N) is 3. The van der Waals surface area contributed by atoms with Gasteiger partial charge < -0.3 is 20.5 Å². The molecule has 0 atom stereocenters. The molecule has 0 bridgehead atoms. The van der Waals surface area contributed by atoms with Crippen LogP contribution in [0.2, 0.25) is 0 Å². The van der Waals surface area contributed by atoms with Gasteiger partial charge in [-0.05, 0) is 33.3 Å². The van der Waals surface area contributed by atoms with Crippen molar-refractivity contribution < 1.29 is 4.79 Å². The summed E-state index contributed by atoms with van der Waals surface area (Å²) in [6, 6.07) is 10.2. The molecule has 0 unspecified atom stereocenters. The van der Waals surface area contributed by atoms with Crippen LogP contribution in [-0.2, 0) is 17.9 Å². The minimum absolute atomic E-state index is 0. The maximum atomic E-state index is 12.0. The van der Waals surface area contributed by atoms with Crippen LogP contribution in [0.4, 0.5) is 0 Å². The number of hydrogen-bond acceptors (Lipinski definition) is 3. The third-order valence-electron chi connectivity index (χ3n) is 3.65. The summed E-state index contributed by atoms with van der Waals surface area (Å²) in [4.78, 5) is 21.0. The fourth-order valence-electron chi connectivity index (χ4n) is 2.53. The molecule has 1 aromatic heterocycles. The largest absolute Gasteiger partial charge is 0.357 e. The van der Waals surface area contributed by atoms with Crippen LogP contribution in [0.5, 0.6) is 0 Å². The molecule has 0 aliphatic heterocycles. The summed E-state index contributed by atoms with van der Waals surface area (Å²) in [6.45, 7) is 9.92. The number of aliphatic imine (C=N–C) groups is 1. The molecule has 1 heterocycles. The molecule has 28 heavy (non-hydrogen) atoms. The molecule has 0 fully saturated rings. The summed E-state index contributed by atoms with van der Waals surface area (Å²) < 4.78 is 2.08.